The van der Waals surface area contributed by atoms with E-state index in [1.54, 1.807) is 0 Å². The lowest BCUT2D eigenvalue weighted by Crippen LogP contribution is -2.24. The number of imidazole rings is 1. The Morgan fingerprint density at radius 3 is 2.71 bits per heavy atom. The summed E-state index contributed by atoms with van der Waals surface area (Å²) in [7, 11) is 3.95. The Morgan fingerprint density at radius 2 is 2.07 bits per heavy atom. The summed E-state index contributed by atoms with van der Waals surface area (Å²) < 4.78 is 2.71. The van der Waals surface area contributed by atoms with Gasteiger partial charge in [-0.2, -0.15) is 0 Å². The molecule has 0 aliphatic heterocycles. The minimum absolute atomic E-state index is 0.732. The Hall–Kier alpha value is -1.29. The fourth-order valence-corrected chi connectivity index (χ4v) is 1.98. The highest BCUT2D eigenvalue weighted by atomic mass is 32.1. The second kappa shape index (κ2) is 3.13. The topological polar surface area (TPSA) is 24.0 Å². The van der Waals surface area contributed by atoms with Gasteiger partial charge in [-0.15, -0.1) is 0 Å². The van der Waals surface area contributed by atoms with Crippen LogP contribution >= 0.6 is 12.2 Å². The van der Waals surface area contributed by atoms with Crippen LogP contribution in [-0.2, 0) is 0 Å². The monoisotopic (exact) mass is 207 g/mol. The number of fused-ring (bicyclic) bond motifs is 1. The van der Waals surface area contributed by atoms with E-state index in [2.05, 4.69) is 30.1 Å². The Kier molecular flexibility index (Phi) is 2.07. The Labute approximate surface area is 87.9 Å². The van der Waals surface area contributed by atoms with Crippen molar-refractivity contribution in [2.45, 2.75) is 6.92 Å². The third-order valence-electron chi connectivity index (χ3n) is 2.21. The molecule has 4 heteroatoms. The van der Waals surface area contributed by atoms with E-state index in [1.807, 2.05) is 23.8 Å². The van der Waals surface area contributed by atoms with Crippen molar-refractivity contribution >= 4 is 23.3 Å². The van der Waals surface area contributed by atoms with Crippen molar-refractivity contribution in [2.24, 2.45) is 0 Å². The van der Waals surface area contributed by atoms with Gasteiger partial charge in [0.25, 0.3) is 0 Å². The van der Waals surface area contributed by atoms with Crippen molar-refractivity contribution in [1.82, 2.24) is 9.66 Å². The molecule has 74 valence electrons. The summed E-state index contributed by atoms with van der Waals surface area (Å²) in [5.74, 6) is 0. The molecule has 0 spiro atoms. The molecule has 2 aromatic rings. The van der Waals surface area contributed by atoms with Gasteiger partial charge >= 0.3 is 0 Å². The first kappa shape index (κ1) is 9.27. The van der Waals surface area contributed by atoms with Crippen LogP contribution in [0.2, 0.25) is 0 Å². The van der Waals surface area contributed by atoms with Gasteiger partial charge in [0.15, 0.2) is 4.77 Å². The molecule has 0 unspecified atom stereocenters. The SMILES string of the molecule is Cc1ccc2c(c1)[nH]c(=S)n2N(C)C. The summed E-state index contributed by atoms with van der Waals surface area (Å²) in [6.45, 7) is 2.07. The molecule has 0 aliphatic carbocycles. The van der Waals surface area contributed by atoms with Crippen molar-refractivity contribution < 1.29 is 0 Å². The number of hydrogen-bond acceptors (Lipinski definition) is 2. The van der Waals surface area contributed by atoms with Crippen LogP contribution in [0.4, 0.5) is 0 Å². The summed E-state index contributed by atoms with van der Waals surface area (Å²) in [6.07, 6.45) is 0. The number of hydrogen-bond donors (Lipinski definition) is 1. The summed E-state index contributed by atoms with van der Waals surface area (Å²) in [6, 6.07) is 6.27. The second-order valence-corrected chi connectivity index (χ2v) is 4.00. The van der Waals surface area contributed by atoms with Crippen LogP contribution in [0.15, 0.2) is 18.2 Å². The molecular weight excluding hydrogens is 194 g/mol. The quantitative estimate of drug-likeness (QED) is 0.725. The van der Waals surface area contributed by atoms with Gasteiger partial charge in [0.05, 0.1) is 11.0 Å². The maximum atomic E-state index is 5.24. The van der Waals surface area contributed by atoms with Gasteiger partial charge in [-0.1, -0.05) is 6.07 Å². The molecule has 0 radical (unpaired) electrons. The number of aromatic nitrogens is 2. The van der Waals surface area contributed by atoms with Crippen LogP contribution < -0.4 is 5.01 Å². The normalized spacial score (nSPS) is 10.8. The van der Waals surface area contributed by atoms with Gasteiger partial charge in [0.2, 0.25) is 0 Å². The van der Waals surface area contributed by atoms with Gasteiger partial charge in [0.1, 0.15) is 0 Å². The fraction of sp³-hybridized carbons (Fsp3) is 0.300. The van der Waals surface area contributed by atoms with E-state index >= 15 is 0 Å². The molecule has 1 N–H and O–H groups in total. The molecule has 0 aliphatic rings. The fourth-order valence-electron chi connectivity index (χ4n) is 1.61. The smallest absolute Gasteiger partial charge is 0.197 e. The zero-order chi connectivity index (χ0) is 10.3. The number of H-pyrrole nitrogens is 1. The van der Waals surface area contributed by atoms with Crippen molar-refractivity contribution in [2.75, 3.05) is 19.1 Å². The lowest BCUT2D eigenvalue weighted by atomic mass is 10.2. The standard InChI is InChI=1S/C10H13N3S/c1-7-4-5-9-8(6-7)11-10(14)13(9)12(2)3/h4-6H,1-3H3,(H,11,14). The van der Waals surface area contributed by atoms with Gasteiger partial charge in [-0.3, -0.25) is 0 Å². The zero-order valence-corrected chi connectivity index (χ0v) is 9.35. The maximum Gasteiger partial charge on any atom is 0.197 e. The number of nitrogens with zero attached hydrogens (tertiary/aromatic N) is 2. The van der Waals surface area contributed by atoms with Gasteiger partial charge in [-0.05, 0) is 36.8 Å². The predicted molar refractivity (Wildman–Crippen MR) is 61.9 cm³/mol. The largest absolute Gasteiger partial charge is 0.329 e. The van der Waals surface area contributed by atoms with Crippen LogP contribution in [0.1, 0.15) is 5.56 Å². The van der Waals surface area contributed by atoms with Gasteiger partial charge < -0.3 is 9.99 Å². The highest BCUT2D eigenvalue weighted by molar-refractivity contribution is 7.71. The first-order valence-electron chi connectivity index (χ1n) is 4.48. The molecule has 0 bridgehead atoms. The average molecular weight is 207 g/mol. The molecule has 1 heterocycles. The van der Waals surface area contributed by atoms with Gasteiger partial charge in [-0.25, -0.2) is 4.68 Å². The summed E-state index contributed by atoms with van der Waals surface area (Å²) in [5.41, 5.74) is 3.44. The van der Waals surface area contributed by atoms with Crippen molar-refractivity contribution in [3.63, 3.8) is 0 Å². The van der Waals surface area contributed by atoms with Crippen LogP contribution in [-0.4, -0.2) is 23.8 Å². The van der Waals surface area contributed by atoms with Crippen molar-refractivity contribution in [3.8, 4) is 0 Å². The number of nitrogens with one attached hydrogen (secondary N) is 1. The van der Waals surface area contributed by atoms with Crippen LogP contribution in [0, 0.1) is 11.7 Å². The molecule has 0 fully saturated rings. The van der Waals surface area contributed by atoms with E-state index in [9.17, 15) is 0 Å². The van der Waals surface area contributed by atoms with E-state index in [-0.39, 0.29) is 0 Å². The molecule has 3 nitrogen and oxygen atoms in total. The highest BCUT2D eigenvalue weighted by Gasteiger charge is 2.04. The minimum Gasteiger partial charge on any atom is -0.329 e. The van der Waals surface area contributed by atoms with Crippen LogP contribution in [0.25, 0.3) is 11.0 Å². The molecule has 1 aromatic carbocycles. The molecule has 14 heavy (non-hydrogen) atoms. The number of benzene rings is 1. The van der Waals surface area contributed by atoms with Crippen LogP contribution in [0.5, 0.6) is 0 Å². The summed E-state index contributed by atoms with van der Waals surface area (Å²) in [5, 5.41) is 1.97. The summed E-state index contributed by atoms with van der Waals surface area (Å²) >= 11 is 5.24. The molecule has 1 aromatic heterocycles. The van der Waals surface area contributed by atoms with E-state index in [1.165, 1.54) is 5.56 Å². The van der Waals surface area contributed by atoms with Crippen molar-refractivity contribution in [3.05, 3.63) is 28.5 Å². The Morgan fingerprint density at radius 1 is 1.36 bits per heavy atom. The predicted octanol–water partition coefficient (Wildman–Crippen LogP) is 2.20. The van der Waals surface area contributed by atoms with E-state index in [0.29, 0.717) is 0 Å². The zero-order valence-electron chi connectivity index (χ0n) is 8.53. The first-order chi connectivity index (χ1) is 6.59. The number of rotatable bonds is 1. The summed E-state index contributed by atoms with van der Waals surface area (Å²) in [4.78, 5) is 3.19. The molecule has 0 amide bonds. The van der Waals surface area contributed by atoms with E-state index in [0.717, 1.165) is 15.8 Å². The number of aryl methyl sites for hydroxylation is 1. The first-order valence-corrected chi connectivity index (χ1v) is 4.89. The Balaban J connectivity index is 2.84. The number of aromatic amines is 1. The lowest BCUT2D eigenvalue weighted by molar-refractivity contribution is 0.742. The van der Waals surface area contributed by atoms with Gasteiger partial charge in [0, 0.05) is 14.1 Å². The van der Waals surface area contributed by atoms with E-state index in [4.69, 9.17) is 12.2 Å². The molecular formula is C10H13N3S. The van der Waals surface area contributed by atoms with E-state index < -0.39 is 0 Å². The third-order valence-corrected chi connectivity index (χ3v) is 2.49. The molecule has 0 saturated carbocycles. The van der Waals surface area contributed by atoms with Crippen molar-refractivity contribution in [1.29, 1.82) is 0 Å². The lowest BCUT2D eigenvalue weighted by Gasteiger charge is -2.14. The third kappa shape index (κ3) is 1.32. The Bertz CT molecular complexity index is 522. The maximum absolute atomic E-state index is 5.24. The average Bonchev–Trinajstić information content (AvgIpc) is 2.39. The molecule has 2 rings (SSSR count). The highest BCUT2D eigenvalue weighted by Crippen LogP contribution is 2.15. The van der Waals surface area contributed by atoms with Crippen LogP contribution in [0.3, 0.4) is 0 Å². The molecule has 0 saturated heterocycles. The minimum atomic E-state index is 0.732. The molecule has 0 atom stereocenters. The second-order valence-electron chi connectivity index (χ2n) is 3.61.